The van der Waals surface area contributed by atoms with Crippen molar-refractivity contribution in [1.29, 1.82) is 0 Å². The molecule has 0 spiro atoms. The van der Waals surface area contributed by atoms with Crippen LogP contribution in [0, 0.1) is 19.8 Å². The summed E-state index contributed by atoms with van der Waals surface area (Å²) in [6.07, 6.45) is 3.94. The first-order chi connectivity index (χ1) is 10.0. The van der Waals surface area contributed by atoms with E-state index in [2.05, 4.69) is 56.1 Å². The molecule has 1 heterocycles. The van der Waals surface area contributed by atoms with Crippen molar-refractivity contribution < 1.29 is 0 Å². The summed E-state index contributed by atoms with van der Waals surface area (Å²) in [7, 11) is 0. The summed E-state index contributed by atoms with van der Waals surface area (Å²) in [5, 5.41) is 3.75. The standard InChI is InChI=1S/C19H32N2/c1-15(2)9-10-20-19-6-5-11-21(14-19)13-18-8-7-16(3)12-17(18)4/h7-8,12,15,19-20H,5-6,9-11,13-14H2,1-4H3. The Balaban J connectivity index is 1.83. The van der Waals surface area contributed by atoms with E-state index in [4.69, 9.17) is 0 Å². The fourth-order valence-electron chi connectivity index (χ4n) is 3.21. The van der Waals surface area contributed by atoms with Crippen LogP contribution in [0.4, 0.5) is 0 Å². The Bertz CT molecular complexity index is 439. The molecule has 1 fully saturated rings. The Morgan fingerprint density at radius 2 is 2.10 bits per heavy atom. The summed E-state index contributed by atoms with van der Waals surface area (Å²) in [5.41, 5.74) is 4.29. The van der Waals surface area contributed by atoms with Crippen LogP contribution < -0.4 is 5.32 Å². The van der Waals surface area contributed by atoms with E-state index in [1.54, 1.807) is 0 Å². The summed E-state index contributed by atoms with van der Waals surface area (Å²) in [6, 6.07) is 7.53. The monoisotopic (exact) mass is 288 g/mol. The minimum atomic E-state index is 0.684. The van der Waals surface area contributed by atoms with Crippen molar-refractivity contribution in [2.75, 3.05) is 19.6 Å². The van der Waals surface area contributed by atoms with E-state index in [-0.39, 0.29) is 0 Å². The van der Waals surface area contributed by atoms with Gasteiger partial charge in [0.2, 0.25) is 0 Å². The lowest BCUT2D eigenvalue weighted by molar-refractivity contribution is 0.182. The average Bonchev–Trinajstić information content (AvgIpc) is 2.42. The number of nitrogens with one attached hydrogen (secondary N) is 1. The summed E-state index contributed by atoms with van der Waals surface area (Å²) in [6.45, 7) is 13.7. The Morgan fingerprint density at radius 1 is 1.29 bits per heavy atom. The third kappa shape index (κ3) is 5.44. The molecule has 0 aliphatic carbocycles. The summed E-state index contributed by atoms with van der Waals surface area (Å²) in [4.78, 5) is 2.62. The van der Waals surface area contributed by atoms with Gasteiger partial charge >= 0.3 is 0 Å². The Hall–Kier alpha value is -0.860. The van der Waals surface area contributed by atoms with E-state index < -0.39 is 0 Å². The Labute approximate surface area is 130 Å². The number of aryl methyl sites for hydroxylation is 2. The zero-order valence-corrected chi connectivity index (χ0v) is 14.3. The molecule has 21 heavy (non-hydrogen) atoms. The Kier molecular flexibility index (Phi) is 6.25. The van der Waals surface area contributed by atoms with Crippen molar-refractivity contribution in [3.8, 4) is 0 Å². The van der Waals surface area contributed by atoms with Gasteiger partial charge in [-0.25, -0.2) is 0 Å². The van der Waals surface area contributed by atoms with Gasteiger partial charge in [-0.1, -0.05) is 37.6 Å². The van der Waals surface area contributed by atoms with Crippen molar-refractivity contribution in [3.63, 3.8) is 0 Å². The van der Waals surface area contributed by atoms with Crippen LogP contribution in [0.3, 0.4) is 0 Å². The molecule has 2 heteroatoms. The van der Waals surface area contributed by atoms with Crippen molar-refractivity contribution >= 4 is 0 Å². The molecule has 1 aliphatic heterocycles. The largest absolute Gasteiger partial charge is 0.313 e. The number of rotatable bonds is 6. The summed E-state index contributed by atoms with van der Waals surface area (Å²) >= 11 is 0. The minimum Gasteiger partial charge on any atom is -0.313 e. The van der Waals surface area contributed by atoms with Gasteiger partial charge in [-0.2, -0.15) is 0 Å². The van der Waals surface area contributed by atoms with Gasteiger partial charge in [0.15, 0.2) is 0 Å². The van der Waals surface area contributed by atoms with Crippen molar-refractivity contribution in [3.05, 3.63) is 34.9 Å². The molecule has 1 unspecified atom stereocenters. The van der Waals surface area contributed by atoms with Crippen LogP contribution in [-0.4, -0.2) is 30.6 Å². The normalized spacial score (nSPS) is 20.1. The lowest BCUT2D eigenvalue weighted by Gasteiger charge is -2.33. The van der Waals surface area contributed by atoms with Crippen LogP contribution in [0.25, 0.3) is 0 Å². The molecule has 118 valence electrons. The van der Waals surface area contributed by atoms with E-state index >= 15 is 0 Å². The highest BCUT2D eigenvalue weighted by atomic mass is 15.2. The van der Waals surface area contributed by atoms with Gasteiger partial charge in [0.25, 0.3) is 0 Å². The molecule has 0 amide bonds. The fraction of sp³-hybridized carbons (Fsp3) is 0.684. The molecule has 1 aromatic carbocycles. The average molecular weight is 288 g/mol. The van der Waals surface area contributed by atoms with E-state index in [0.717, 1.165) is 12.5 Å². The van der Waals surface area contributed by atoms with Gasteiger partial charge in [-0.15, -0.1) is 0 Å². The lowest BCUT2D eigenvalue weighted by Crippen LogP contribution is -2.45. The van der Waals surface area contributed by atoms with Crippen molar-refractivity contribution in [1.82, 2.24) is 10.2 Å². The second-order valence-electron chi connectivity index (χ2n) is 7.14. The molecule has 1 aromatic rings. The van der Waals surface area contributed by atoms with Gasteiger partial charge in [0, 0.05) is 19.1 Å². The highest BCUT2D eigenvalue weighted by Gasteiger charge is 2.19. The van der Waals surface area contributed by atoms with E-state index in [0.29, 0.717) is 6.04 Å². The molecule has 1 atom stereocenters. The summed E-state index contributed by atoms with van der Waals surface area (Å²) in [5.74, 6) is 0.799. The quantitative estimate of drug-likeness (QED) is 0.854. The van der Waals surface area contributed by atoms with Crippen molar-refractivity contribution in [2.24, 2.45) is 5.92 Å². The first kappa shape index (κ1) is 16.5. The van der Waals surface area contributed by atoms with Crippen LogP contribution in [0.5, 0.6) is 0 Å². The number of hydrogen-bond acceptors (Lipinski definition) is 2. The summed E-state index contributed by atoms with van der Waals surface area (Å²) < 4.78 is 0. The first-order valence-corrected chi connectivity index (χ1v) is 8.56. The van der Waals surface area contributed by atoms with Crippen LogP contribution in [0.1, 0.15) is 49.8 Å². The van der Waals surface area contributed by atoms with Gasteiger partial charge in [0.1, 0.15) is 0 Å². The van der Waals surface area contributed by atoms with Gasteiger partial charge < -0.3 is 5.32 Å². The highest BCUT2D eigenvalue weighted by molar-refractivity contribution is 5.30. The van der Waals surface area contributed by atoms with Gasteiger partial charge in [-0.3, -0.25) is 4.90 Å². The van der Waals surface area contributed by atoms with E-state index in [1.807, 2.05) is 0 Å². The Morgan fingerprint density at radius 3 is 2.81 bits per heavy atom. The SMILES string of the molecule is Cc1ccc(CN2CCCC(NCCC(C)C)C2)c(C)c1. The third-order valence-corrected chi connectivity index (χ3v) is 4.55. The number of piperidine rings is 1. The smallest absolute Gasteiger partial charge is 0.0237 e. The van der Waals surface area contributed by atoms with E-state index in [1.165, 1.54) is 55.6 Å². The molecule has 0 saturated carbocycles. The minimum absolute atomic E-state index is 0.684. The maximum Gasteiger partial charge on any atom is 0.0237 e. The molecular formula is C19H32N2. The van der Waals surface area contributed by atoms with Crippen molar-refractivity contribution in [2.45, 2.75) is 59.5 Å². The lowest BCUT2D eigenvalue weighted by atomic mass is 10.0. The zero-order chi connectivity index (χ0) is 15.2. The predicted molar refractivity (Wildman–Crippen MR) is 91.7 cm³/mol. The predicted octanol–water partition coefficient (Wildman–Crippen LogP) is 3.90. The number of nitrogens with zero attached hydrogens (tertiary/aromatic N) is 1. The van der Waals surface area contributed by atoms with E-state index in [9.17, 15) is 0 Å². The number of benzene rings is 1. The zero-order valence-electron chi connectivity index (χ0n) is 14.3. The number of hydrogen-bond donors (Lipinski definition) is 1. The molecular weight excluding hydrogens is 256 g/mol. The van der Waals surface area contributed by atoms with Crippen LogP contribution in [0.2, 0.25) is 0 Å². The molecule has 0 bridgehead atoms. The van der Waals surface area contributed by atoms with Gasteiger partial charge in [0.05, 0.1) is 0 Å². The van der Waals surface area contributed by atoms with Crippen LogP contribution in [-0.2, 0) is 6.54 Å². The molecule has 1 N–H and O–H groups in total. The maximum atomic E-state index is 3.75. The van der Waals surface area contributed by atoms with Crippen LogP contribution in [0.15, 0.2) is 18.2 Å². The second-order valence-corrected chi connectivity index (χ2v) is 7.14. The molecule has 2 nitrogen and oxygen atoms in total. The molecule has 1 aliphatic rings. The molecule has 2 rings (SSSR count). The van der Waals surface area contributed by atoms with Gasteiger partial charge in [-0.05, 0) is 63.2 Å². The molecule has 0 aromatic heterocycles. The fourth-order valence-corrected chi connectivity index (χ4v) is 3.21. The maximum absolute atomic E-state index is 3.75. The highest BCUT2D eigenvalue weighted by Crippen LogP contribution is 2.17. The third-order valence-electron chi connectivity index (χ3n) is 4.55. The second kappa shape index (κ2) is 7.95. The molecule has 0 radical (unpaired) electrons. The topological polar surface area (TPSA) is 15.3 Å². The first-order valence-electron chi connectivity index (χ1n) is 8.56. The molecule has 1 saturated heterocycles. The number of likely N-dealkylation sites (tertiary alicyclic amines) is 1. The van der Waals surface area contributed by atoms with Crippen LogP contribution >= 0.6 is 0 Å².